The molecule has 0 saturated heterocycles. The monoisotopic (exact) mass is 612 g/mol. The molecule has 0 fully saturated rings. The van der Waals surface area contributed by atoms with Crippen LogP contribution in [-0.2, 0) is 20.7 Å². The van der Waals surface area contributed by atoms with Gasteiger partial charge in [-0.1, -0.05) is 0 Å². The first-order valence-electron chi connectivity index (χ1n) is 14.2. The van der Waals surface area contributed by atoms with E-state index in [-0.39, 0.29) is 35.2 Å². The molecule has 0 bridgehead atoms. The Labute approximate surface area is 261 Å². The quantitative estimate of drug-likeness (QED) is 0.117. The molecule has 7 nitrogen and oxygen atoms in total. The van der Waals surface area contributed by atoms with Crippen molar-refractivity contribution in [1.82, 2.24) is 15.6 Å². The van der Waals surface area contributed by atoms with Crippen molar-refractivity contribution in [2.45, 2.75) is 49.9 Å². The van der Waals surface area contributed by atoms with Gasteiger partial charge in [-0.15, -0.1) is 0 Å². The van der Waals surface area contributed by atoms with Crippen LogP contribution in [0.2, 0.25) is 0 Å². The van der Waals surface area contributed by atoms with E-state index >= 15 is 0 Å². The molecule has 0 spiro atoms. The van der Waals surface area contributed by atoms with Crippen LogP contribution in [0.25, 0.3) is 22.0 Å². The van der Waals surface area contributed by atoms with Crippen LogP contribution in [0.3, 0.4) is 0 Å². The Kier molecular flexibility index (Phi) is 9.57. The first kappa shape index (κ1) is 30.8. The molecule has 1 heterocycles. The summed E-state index contributed by atoms with van der Waals surface area (Å²) in [7, 11) is 9.36. The first-order chi connectivity index (χ1) is 20.6. The third-order valence-corrected chi connectivity index (χ3v) is 10.6. The van der Waals surface area contributed by atoms with Gasteiger partial charge in [0.2, 0.25) is 0 Å². The molecule has 221 valence electrons. The number of aromatic nitrogens is 1. The number of carbonyl (C=O) groups is 2. The van der Waals surface area contributed by atoms with Gasteiger partial charge in [-0.3, -0.25) is 0 Å². The fraction of sp³-hybridized carbons (Fsp3) is 0.303. The standard InChI is InChI=1S/C33H35BN3O4S2/c1-33(2,3)43-42-19-29(31(39)40)36-30(38)28(16-20-17-35-27-15-9-8-10-21(20)27)37-32(34)41-18-26-24-13-6-4-11-22(24)23-12-5-7-14-25(23)26/h4-15,17,26,28-29,35,37H,16,18-19H2,1-3H3,(H,36,38)(H,39,40)/t28-,29+/m0/s1. The van der Waals surface area contributed by atoms with E-state index in [4.69, 9.17) is 12.2 Å². The molecular formula is C33H35BN3O4S2. The number of aliphatic carboxylic acids is 1. The SMILES string of the molecule is [B]=C(N[C@@H](Cc1c[nH]c2ccccc12)C(=O)N[C@H](CSSC(C)(C)C)C(=O)O)OCC1c2ccccc2-c2ccccc21. The van der Waals surface area contributed by atoms with Gasteiger partial charge in [0.1, 0.15) is 0 Å². The third-order valence-electron chi connectivity index (χ3n) is 7.26. The molecule has 4 N–H and O–H groups in total. The Hall–Kier alpha value is -3.63. The number of carboxylic acid groups (broad SMARTS) is 1. The van der Waals surface area contributed by atoms with Gasteiger partial charge in [0.15, 0.2) is 0 Å². The van der Waals surface area contributed by atoms with E-state index in [1.807, 2.05) is 54.7 Å². The Bertz CT molecular complexity index is 1590. The van der Waals surface area contributed by atoms with E-state index in [1.165, 1.54) is 33.0 Å². The molecule has 0 unspecified atom stereocenters. The summed E-state index contributed by atoms with van der Waals surface area (Å²) in [4.78, 5) is 28.9. The average Bonchev–Trinajstić information content (AvgIpc) is 3.53. The van der Waals surface area contributed by atoms with Crippen molar-refractivity contribution in [2.24, 2.45) is 0 Å². The molecule has 1 aliphatic rings. The van der Waals surface area contributed by atoms with E-state index in [1.54, 1.807) is 10.8 Å². The van der Waals surface area contributed by atoms with Crippen molar-refractivity contribution >= 4 is 57.6 Å². The average molecular weight is 613 g/mol. The zero-order chi connectivity index (χ0) is 30.6. The minimum absolute atomic E-state index is 0.00592. The van der Waals surface area contributed by atoms with Crippen LogP contribution in [-0.4, -0.2) is 64.4 Å². The number of para-hydroxylation sites is 1. The van der Waals surface area contributed by atoms with Crippen molar-refractivity contribution in [2.75, 3.05) is 12.4 Å². The van der Waals surface area contributed by atoms with Crippen LogP contribution in [0.15, 0.2) is 79.0 Å². The Morgan fingerprint density at radius 1 is 0.953 bits per heavy atom. The van der Waals surface area contributed by atoms with Gasteiger partial charge >= 0.3 is 262 Å². The number of nitrogens with one attached hydrogen (secondary N) is 3. The van der Waals surface area contributed by atoms with Crippen molar-refractivity contribution in [3.8, 4) is 11.1 Å². The number of carboxylic acids is 1. The summed E-state index contributed by atoms with van der Waals surface area (Å²) in [5.41, 5.74) is 6.54. The topological polar surface area (TPSA) is 103 Å². The molecule has 4 aromatic rings. The van der Waals surface area contributed by atoms with Crippen LogP contribution in [0.1, 0.15) is 43.4 Å². The molecule has 5 rings (SSSR count). The number of hydrogen-bond acceptors (Lipinski definition) is 6. The molecule has 1 aromatic heterocycles. The molecule has 0 saturated carbocycles. The molecule has 10 heteroatoms. The summed E-state index contributed by atoms with van der Waals surface area (Å²) in [5, 5.41) is 16.6. The van der Waals surface area contributed by atoms with Crippen LogP contribution in [0.4, 0.5) is 0 Å². The maximum absolute atomic E-state index is 13.6. The molecule has 2 atom stereocenters. The van der Waals surface area contributed by atoms with E-state index in [0.29, 0.717) is 0 Å². The van der Waals surface area contributed by atoms with E-state index < -0.39 is 24.0 Å². The minimum atomic E-state index is -1.09. The predicted molar refractivity (Wildman–Crippen MR) is 179 cm³/mol. The molecule has 3 aromatic carbocycles. The van der Waals surface area contributed by atoms with Crippen molar-refractivity contribution in [3.63, 3.8) is 0 Å². The molecule has 1 aliphatic carbocycles. The van der Waals surface area contributed by atoms with Crippen LogP contribution >= 0.6 is 21.6 Å². The Morgan fingerprint density at radius 3 is 2.23 bits per heavy atom. The summed E-state index contributed by atoms with van der Waals surface area (Å²) < 4.78 is 6.01. The maximum atomic E-state index is 13.6. The van der Waals surface area contributed by atoms with Gasteiger partial charge in [0.05, 0.1) is 0 Å². The Balaban J connectivity index is 1.31. The number of hydrogen-bond donors (Lipinski definition) is 4. The van der Waals surface area contributed by atoms with E-state index in [0.717, 1.165) is 16.5 Å². The zero-order valence-corrected chi connectivity index (χ0v) is 26.1. The van der Waals surface area contributed by atoms with Crippen molar-refractivity contribution in [1.29, 1.82) is 0 Å². The van der Waals surface area contributed by atoms with Gasteiger partial charge in [-0.2, -0.15) is 0 Å². The fourth-order valence-corrected chi connectivity index (χ4v) is 7.74. The number of aromatic amines is 1. The molecular weight excluding hydrogens is 577 g/mol. The molecule has 0 aliphatic heterocycles. The van der Waals surface area contributed by atoms with Crippen LogP contribution in [0.5, 0.6) is 0 Å². The summed E-state index contributed by atoms with van der Waals surface area (Å²) in [6, 6.07) is 22.4. The van der Waals surface area contributed by atoms with Gasteiger partial charge < -0.3 is 0 Å². The van der Waals surface area contributed by atoms with Crippen LogP contribution in [0, 0.1) is 0 Å². The fourth-order valence-electron chi connectivity index (χ4n) is 5.28. The number of fused-ring (bicyclic) bond motifs is 4. The molecule has 43 heavy (non-hydrogen) atoms. The normalized spacial score (nSPS) is 14.0. The van der Waals surface area contributed by atoms with Gasteiger partial charge in [0, 0.05) is 0 Å². The second-order valence-corrected chi connectivity index (χ2v) is 14.7. The molecule has 1 amide bonds. The van der Waals surface area contributed by atoms with Gasteiger partial charge in [-0.25, -0.2) is 0 Å². The number of carbonyl (C=O) groups excluding carboxylic acids is 1. The second-order valence-electron chi connectivity index (χ2n) is 11.5. The van der Waals surface area contributed by atoms with E-state index in [9.17, 15) is 14.7 Å². The predicted octanol–water partition coefficient (Wildman–Crippen LogP) is 5.50. The number of ether oxygens (including phenoxy) is 1. The Morgan fingerprint density at radius 2 is 1.58 bits per heavy atom. The number of benzene rings is 3. The van der Waals surface area contributed by atoms with Gasteiger partial charge in [-0.05, 0) is 0 Å². The summed E-state index contributed by atoms with van der Waals surface area (Å²) in [6.45, 7) is 6.46. The van der Waals surface area contributed by atoms with Crippen molar-refractivity contribution in [3.05, 3.63) is 95.7 Å². The molecule has 1 radical (unpaired) electrons. The van der Waals surface area contributed by atoms with Crippen LogP contribution < -0.4 is 10.6 Å². The number of amides is 1. The zero-order valence-electron chi connectivity index (χ0n) is 24.4. The van der Waals surface area contributed by atoms with E-state index in [2.05, 4.69) is 60.7 Å². The third kappa shape index (κ3) is 7.48. The first-order valence-corrected chi connectivity index (χ1v) is 16.5. The van der Waals surface area contributed by atoms with Gasteiger partial charge in [0.25, 0.3) is 0 Å². The summed E-state index contributed by atoms with van der Waals surface area (Å²) >= 11 is 0. The summed E-state index contributed by atoms with van der Waals surface area (Å²) in [5.74, 6) is -1.34. The number of rotatable bonds is 13. The summed E-state index contributed by atoms with van der Waals surface area (Å²) in [6.07, 6.45) is 2.13. The second kappa shape index (κ2) is 13.3. The van der Waals surface area contributed by atoms with Crippen molar-refractivity contribution < 1.29 is 19.4 Å². The number of H-pyrrole nitrogens is 1.